The summed E-state index contributed by atoms with van der Waals surface area (Å²) >= 11 is 0. The van der Waals surface area contributed by atoms with Crippen LogP contribution in [0.25, 0.3) is 0 Å². The average Bonchev–Trinajstić information content (AvgIpc) is 2.54. The van der Waals surface area contributed by atoms with Crippen molar-refractivity contribution in [1.29, 1.82) is 0 Å². The Morgan fingerprint density at radius 1 is 1.17 bits per heavy atom. The number of rotatable bonds is 6. The first-order valence-corrected chi connectivity index (χ1v) is 7.33. The molecule has 0 saturated carbocycles. The SMILES string of the molecule is COc1ccc(OC(C)C(=O)N(C)Cc2cccc(O)c2)cc1. The third kappa shape index (κ3) is 4.64. The predicted molar refractivity (Wildman–Crippen MR) is 87.7 cm³/mol. The highest BCUT2D eigenvalue weighted by molar-refractivity contribution is 5.80. The van der Waals surface area contributed by atoms with E-state index in [4.69, 9.17) is 9.47 Å². The average molecular weight is 315 g/mol. The van der Waals surface area contributed by atoms with Crippen molar-refractivity contribution >= 4 is 5.91 Å². The molecule has 122 valence electrons. The van der Waals surface area contributed by atoms with Gasteiger partial charge < -0.3 is 19.5 Å². The lowest BCUT2D eigenvalue weighted by molar-refractivity contribution is -0.137. The monoisotopic (exact) mass is 315 g/mol. The molecule has 1 unspecified atom stereocenters. The molecule has 2 rings (SSSR count). The van der Waals surface area contributed by atoms with E-state index >= 15 is 0 Å². The maximum atomic E-state index is 12.4. The number of aromatic hydroxyl groups is 1. The minimum absolute atomic E-state index is 0.135. The molecule has 0 heterocycles. The van der Waals surface area contributed by atoms with Crippen molar-refractivity contribution < 1.29 is 19.4 Å². The highest BCUT2D eigenvalue weighted by Crippen LogP contribution is 2.19. The first-order chi connectivity index (χ1) is 11.0. The molecule has 0 saturated heterocycles. The molecule has 0 aliphatic carbocycles. The number of phenolic OH excluding ortho intramolecular Hbond substituents is 1. The second-order valence-electron chi connectivity index (χ2n) is 5.30. The molecule has 0 aliphatic heterocycles. The van der Waals surface area contributed by atoms with Crippen LogP contribution in [0.2, 0.25) is 0 Å². The Kier molecular flexibility index (Phi) is 5.46. The van der Waals surface area contributed by atoms with E-state index in [9.17, 15) is 9.90 Å². The highest BCUT2D eigenvalue weighted by atomic mass is 16.5. The number of hydrogen-bond donors (Lipinski definition) is 1. The van der Waals surface area contributed by atoms with Crippen molar-refractivity contribution in [3.05, 3.63) is 54.1 Å². The summed E-state index contributed by atoms with van der Waals surface area (Å²) in [5, 5.41) is 9.47. The maximum Gasteiger partial charge on any atom is 0.263 e. The summed E-state index contributed by atoms with van der Waals surface area (Å²) < 4.78 is 10.7. The van der Waals surface area contributed by atoms with Crippen molar-refractivity contribution in [2.24, 2.45) is 0 Å². The van der Waals surface area contributed by atoms with E-state index in [0.29, 0.717) is 12.3 Å². The fraction of sp³-hybridized carbons (Fsp3) is 0.278. The molecule has 0 bridgehead atoms. The van der Waals surface area contributed by atoms with E-state index in [1.807, 2.05) is 6.07 Å². The minimum Gasteiger partial charge on any atom is -0.508 e. The third-order valence-electron chi connectivity index (χ3n) is 3.43. The zero-order valence-electron chi connectivity index (χ0n) is 13.5. The number of ether oxygens (including phenoxy) is 2. The zero-order valence-corrected chi connectivity index (χ0v) is 13.5. The van der Waals surface area contributed by atoms with Crippen LogP contribution in [0, 0.1) is 0 Å². The molecule has 2 aromatic rings. The Bertz CT molecular complexity index is 654. The van der Waals surface area contributed by atoms with Crippen LogP contribution in [0.1, 0.15) is 12.5 Å². The lowest BCUT2D eigenvalue weighted by atomic mass is 10.2. The summed E-state index contributed by atoms with van der Waals surface area (Å²) in [7, 11) is 3.30. The quantitative estimate of drug-likeness (QED) is 0.890. The molecule has 0 aromatic heterocycles. The van der Waals surface area contributed by atoms with Crippen LogP contribution in [-0.4, -0.2) is 36.2 Å². The lowest BCUT2D eigenvalue weighted by Gasteiger charge is -2.22. The molecule has 0 aliphatic rings. The molecular formula is C18H21NO4. The van der Waals surface area contributed by atoms with Gasteiger partial charge in [0.2, 0.25) is 0 Å². The van der Waals surface area contributed by atoms with Crippen LogP contribution < -0.4 is 9.47 Å². The number of nitrogens with zero attached hydrogens (tertiary/aromatic N) is 1. The number of carbonyl (C=O) groups is 1. The van der Waals surface area contributed by atoms with Crippen LogP contribution in [0.4, 0.5) is 0 Å². The smallest absolute Gasteiger partial charge is 0.263 e. The summed E-state index contributed by atoms with van der Waals surface area (Å²) in [4.78, 5) is 13.9. The van der Waals surface area contributed by atoms with Crippen molar-refractivity contribution in [1.82, 2.24) is 4.90 Å². The van der Waals surface area contributed by atoms with Gasteiger partial charge in [0.15, 0.2) is 6.10 Å². The normalized spacial score (nSPS) is 11.6. The van der Waals surface area contributed by atoms with Gasteiger partial charge in [0.1, 0.15) is 17.2 Å². The largest absolute Gasteiger partial charge is 0.508 e. The van der Waals surface area contributed by atoms with E-state index in [0.717, 1.165) is 11.3 Å². The zero-order chi connectivity index (χ0) is 16.8. The Morgan fingerprint density at radius 2 is 1.83 bits per heavy atom. The van der Waals surface area contributed by atoms with Crippen molar-refractivity contribution in [3.63, 3.8) is 0 Å². The van der Waals surface area contributed by atoms with Gasteiger partial charge in [0.25, 0.3) is 5.91 Å². The summed E-state index contributed by atoms with van der Waals surface area (Å²) in [5.74, 6) is 1.39. The second kappa shape index (κ2) is 7.54. The summed E-state index contributed by atoms with van der Waals surface area (Å²) in [6, 6.07) is 13.9. The van der Waals surface area contributed by atoms with Crippen molar-refractivity contribution in [2.45, 2.75) is 19.6 Å². The lowest BCUT2D eigenvalue weighted by Crippen LogP contribution is -2.37. The molecule has 5 nitrogen and oxygen atoms in total. The van der Waals surface area contributed by atoms with E-state index in [1.54, 1.807) is 68.4 Å². The van der Waals surface area contributed by atoms with Gasteiger partial charge in [-0.2, -0.15) is 0 Å². The van der Waals surface area contributed by atoms with Gasteiger partial charge in [-0.25, -0.2) is 0 Å². The molecule has 1 amide bonds. The minimum atomic E-state index is -0.606. The van der Waals surface area contributed by atoms with Gasteiger partial charge in [-0.3, -0.25) is 4.79 Å². The standard InChI is InChI=1S/C18H21NO4/c1-13(23-17-9-7-16(22-3)8-10-17)18(21)19(2)12-14-5-4-6-15(20)11-14/h4-11,13,20H,12H2,1-3H3. The van der Waals surface area contributed by atoms with Gasteiger partial charge in [-0.1, -0.05) is 12.1 Å². The summed E-state index contributed by atoms with van der Waals surface area (Å²) in [6.07, 6.45) is -0.606. The second-order valence-corrected chi connectivity index (χ2v) is 5.30. The molecule has 1 atom stereocenters. The van der Waals surface area contributed by atoms with Crippen molar-refractivity contribution in [3.8, 4) is 17.2 Å². The van der Waals surface area contributed by atoms with Crippen LogP contribution in [-0.2, 0) is 11.3 Å². The molecule has 0 radical (unpaired) electrons. The number of carbonyl (C=O) groups excluding carboxylic acids is 1. The predicted octanol–water partition coefficient (Wildman–Crippen LogP) is 2.83. The fourth-order valence-corrected chi connectivity index (χ4v) is 2.23. The van der Waals surface area contributed by atoms with Gasteiger partial charge in [-0.15, -0.1) is 0 Å². The van der Waals surface area contributed by atoms with E-state index in [2.05, 4.69) is 0 Å². The third-order valence-corrected chi connectivity index (χ3v) is 3.43. The van der Waals surface area contributed by atoms with Crippen LogP contribution in [0.3, 0.4) is 0 Å². The van der Waals surface area contributed by atoms with E-state index in [-0.39, 0.29) is 11.7 Å². The van der Waals surface area contributed by atoms with Crippen LogP contribution >= 0.6 is 0 Å². The number of benzene rings is 2. The highest BCUT2D eigenvalue weighted by Gasteiger charge is 2.19. The molecule has 23 heavy (non-hydrogen) atoms. The number of phenols is 1. The summed E-state index contributed by atoms with van der Waals surface area (Å²) in [6.45, 7) is 2.12. The number of methoxy groups -OCH3 is 1. The molecule has 0 fully saturated rings. The van der Waals surface area contributed by atoms with Crippen LogP contribution in [0.5, 0.6) is 17.2 Å². The number of likely N-dealkylation sites (N-methyl/N-ethyl adjacent to an activating group) is 1. The Morgan fingerprint density at radius 3 is 2.43 bits per heavy atom. The Hall–Kier alpha value is -2.69. The molecule has 1 N–H and O–H groups in total. The first-order valence-electron chi connectivity index (χ1n) is 7.33. The van der Waals surface area contributed by atoms with Crippen LogP contribution in [0.15, 0.2) is 48.5 Å². The summed E-state index contributed by atoms with van der Waals surface area (Å²) in [5.41, 5.74) is 0.859. The first kappa shape index (κ1) is 16.7. The Labute approximate surface area is 136 Å². The molecule has 5 heteroatoms. The van der Waals surface area contributed by atoms with Gasteiger partial charge in [-0.05, 0) is 48.9 Å². The van der Waals surface area contributed by atoms with Crippen molar-refractivity contribution in [2.75, 3.05) is 14.2 Å². The number of hydrogen-bond acceptors (Lipinski definition) is 4. The maximum absolute atomic E-state index is 12.4. The van der Waals surface area contributed by atoms with Gasteiger partial charge >= 0.3 is 0 Å². The van der Waals surface area contributed by atoms with Gasteiger partial charge in [0.05, 0.1) is 7.11 Å². The van der Waals surface area contributed by atoms with Gasteiger partial charge in [0, 0.05) is 13.6 Å². The molecular weight excluding hydrogens is 294 g/mol. The molecule has 0 spiro atoms. The fourth-order valence-electron chi connectivity index (χ4n) is 2.23. The van der Waals surface area contributed by atoms with E-state index < -0.39 is 6.10 Å². The molecule has 2 aromatic carbocycles. The van der Waals surface area contributed by atoms with E-state index in [1.165, 1.54) is 0 Å². The Balaban J connectivity index is 1.95. The topological polar surface area (TPSA) is 59.0 Å². The number of amides is 1.